The highest BCUT2D eigenvalue weighted by atomic mass is 35.5. The second-order valence-corrected chi connectivity index (χ2v) is 4.70. The average Bonchev–Trinajstić information content (AvgIpc) is 2.29. The highest BCUT2D eigenvalue weighted by molar-refractivity contribution is 6.31. The van der Waals surface area contributed by atoms with Crippen molar-refractivity contribution in [1.29, 1.82) is 0 Å². The minimum Gasteiger partial charge on any atom is -0.489 e. The summed E-state index contributed by atoms with van der Waals surface area (Å²) in [6.07, 6.45) is 1.64. The summed E-state index contributed by atoms with van der Waals surface area (Å²) >= 11 is 6.16. The van der Waals surface area contributed by atoms with Gasteiger partial charge in [0.05, 0.1) is 0 Å². The number of halogens is 1. The third kappa shape index (κ3) is 4.41. The number of hydrogen-bond acceptors (Lipinski definition) is 2. The van der Waals surface area contributed by atoms with Crippen molar-refractivity contribution in [3.63, 3.8) is 0 Å². The van der Waals surface area contributed by atoms with E-state index in [4.69, 9.17) is 22.1 Å². The van der Waals surface area contributed by atoms with E-state index in [0.717, 1.165) is 23.3 Å². The molecule has 1 atom stereocenters. The Labute approximate surface area is 108 Å². The lowest BCUT2D eigenvalue weighted by atomic mass is 10.1. The van der Waals surface area contributed by atoms with Crippen LogP contribution in [0.1, 0.15) is 25.8 Å². The van der Waals surface area contributed by atoms with E-state index in [0.29, 0.717) is 18.1 Å². The van der Waals surface area contributed by atoms with Crippen LogP contribution in [-0.2, 0) is 6.42 Å². The van der Waals surface area contributed by atoms with Gasteiger partial charge in [-0.1, -0.05) is 31.2 Å². The number of nitrogens with two attached hydrogens (primary N) is 1. The quantitative estimate of drug-likeness (QED) is 0.787. The molecule has 94 valence electrons. The van der Waals surface area contributed by atoms with Crippen LogP contribution in [0.25, 0.3) is 0 Å². The molecular formula is C14H20ClNO. The molecule has 0 fully saturated rings. The molecule has 1 aromatic carbocycles. The van der Waals surface area contributed by atoms with Gasteiger partial charge in [-0.05, 0) is 37.5 Å². The molecule has 0 radical (unpaired) electrons. The molecule has 1 aromatic rings. The van der Waals surface area contributed by atoms with E-state index < -0.39 is 0 Å². The molecule has 0 heterocycles. The third-order valence-corrected chi connectivity index (χ3v) is 2.89. The maximum atomic E-state index is 6.16. The number of rotatable bonds is 6. The maximum Gasteiger partial charge on any atom is 0.124 e. The first-order chi connectivity index (χ1) is 8.04. The molecule has 17 heavy (non-hydrogen) atoms. The summed E-state index contributed by atoms with van der Waals surface area (Å²) in [6, 6.07) is 5.73. The Morgan fingerprint density at radius 1 is 1.53 bits per heavy atom. The molecule has 0 aliphatic heterocycles. The highest BCUT2D eigenvalue weighted by Crippen LogP contribution is 2.27. The van der Waals surface area contributed by atoms with E-state index in [2.05, 4.69) is 13.5 Å². The van der Waals surface area contributed by atoms with Crippen molar-refractivity contribution in [1.82, 2.24) is 0 Å². The zero-order valence-electron chi connectivity index (χ0n) is 10.5. The first-order valence-corrected chi connectivity index (χ1v) is 6.24. The zero-order valence-corrected chi connectivity index (χ0v) is 11.3. The lowest BCUT2D eigenvalue weighted by Crippen LogP contribution is -2.18. The monoisotopic (exact) mass is 253 g/mol. The Kier molecular flexibility index (Phi) is 5.52. The Hall–Kier alpha value is -0.990. The van der Waals surface area contributed by atoms with Crippen LogP contribution in [0.15, 0.2) is 30.4 Å². The maximum absolute atomic E-state index is 6.16. The minimum atomic E-state index is 0.0617. The van der Waals surface area contributed by atoms with Crippen LogP contribution < -0.4 is 10.5 Å². The molecule has 3 heteroatoms. The summed E-state index contributed by atoms with van der Waals surface area (Å²) in [5.41, 5.74) is 7.86. The Balaban J connectivity index is 2.82. The van der Waals surface area contributed by atoms with Gasteiger partial charge in [0.2, 0.25) is 0 Å². The topological polar surface area (TPSA) is 35.2 Å². The van der Waals surface area contributed by atoms with E-state index in [1.54, 1.807) is 0 Å². The van der Waals surface area contributed by atoms with Crippen molar-refractivity contribution in [2.24, 2.45) is 5.73 Å². The Morgan fingerprint density at radius 3 is 2.82 bits per heavy atom. The summed E-state index contributed by atoms with van der Waals surface area (Å²) in [7, 11) is 0. The molecule has 0 saturated heterocycles. The van der Waals surface area contributed by atoms with Crippen LogP contribution in [0.5, 0.6) is 5.75 Å². The van der Waals surface area contributed by atoms with E-state index >= 15 is 0 Å². The first-order valence-electron chi connectivity index (χ1n) is 5.87. The summed E-state index contributed by atoms with van der Waals surface area (Å²) in [4.78, 5) is 0. The molecule has 0 saturated carbocycles. The summed E-state index contributed by atoms with van der Waals surface area (Å²) < 4.78 is 5.73. The van der Waals surface area contributed by atoms with Crippen molar-refractivity contribution in [3.8, 4) is 5.75 Å². The molecule has 2 N–H and O–H groups in total. The largest absolute Gasteiger partial charge is 0.489 e. The van der Waals surface area contributed by atoms with E-state index in [1.165, 1.54) is 0 Å². The van der Waals surface area contributed by atoms with Crippen molar-refractivity contribution in [2.45, 2.75) is 32.7 Å². The van der Waals surface area contributed by atoms with Crippen molar-refractivity contribution < 1.29 is 4.74 Å². The van der Waals surface area contributed by atoms with Crippen molar-refractivity contribution in [2.75, 3.05) is 6.61 Å². The Morgan fingerprint density at radius 2 is 2.24 bits per heavy atom. The zero-order chi connectivity index (χ0) is 12.8. The van der Waals surface area contributed by atoms with Gasteiger partial charge in [0.1, 0.15) is 12.4 Å². The second-order valence-electron chi connectivity index (χ2n) is 4.29. The average molecular weight is 254 g/mol. The predicted molar refractivity (Wildman–Crippen MR) is 73.7 cm³/mol. The van der Waals surface area contributed by atoms with Gasteiger partial charge >= 0.3 is 0 Å². The van der Waals surface area contributed by atoms with E-state index in [9.17, 15) is 0 Å². The molecule has 0 aliphatic carbocycles. The SMILES string of the molecule is C=C(CC)COc1cccc(Cl)c1CC(C)N. The molecule has 1 unspecified atom stereocenters. The van der Waals surface area contributed by atoms with Crippen LogP contribution in [0, 0.1) is 0 Å². The standard InChI is InChI=1S/C14H20ClNO/c1-4-10(2)9-17-14-7-5-6-13(15)12(14)8-11(3)16/h5-7,11H,2,4,8-9,16H2,1,3H3. The first kappa shape index (κ1) is 14.1. The lowest BCUT2D eigenvalue weighted by Gasteiger charge is -2.15. The molecule has 0 bridgehead atoms. The van der Waals surface area contributed by atoms with Gasteiger partial charge in [-0.3, -0.25) is 0 Å². The van der Waals surface area contributed by atoms with Crippen molar-refractivity contribution in [3.05, 3.63) is 40.9 Å². The van der Waals surface area contributed by atoms with E-state index in [-0.39, 0.29) is 6.04 Å². The van der Waals surface area contributed by atoms with E-state index in [1.807, 2.05) is 25.1 Å². The third-order valence-electron chi connectivity index (χ3n) is 2.53. The van der Waals surface area contributed by atoms with Crippen LogP contribution in [0.2, 0.25) is 5.02 Å². The predicted octanol–water partition coefficient (Wildman–Crippen LogP) is 3.57. The molecular weight excluding hydrogens is 234 g/mol. The normalized spacial score (nSPS) is 12.2. The highest BCUT2D eigenvalue weighted by Gasteiger charge is 2.10. The molecule has 2 nitrogen and oxygen atoms in total. The minimum absolute atomic E-state index is 0.0617. The van der Waals surface area contributed by atoms with Gasteiger partial charge in [0.25, 0.3) is 0 Å². The van der Waals surface area contributed by atoms with Gasteiger partial charge in [-0.25, -0.2) is 0 Å². The smallest absolute Gasteiger partial charge is 0.124 e. The van der Waals surface area contributed by atoms with Gasteiger partial charge in [0.15, 0.2) is 0 Å². The van der Waals surface area contributed by atoms with Crippen LogP contribution in [0.4, 0.5) is 0 Å². The van der Waals surface area contributed by atoms with Gasteiger partial charge in [-0.15, -0.1) is 0 Å². The summed E-state index contributed by atoms with van der Waals surface area (Å²) in [5, 5.41) is 0.710. The summed E-state index contributed by atoms with van der Waals surface area (Å²) in [5.74, 6) is 0.810. The van der Waals surface area contributed by atoms with Crippen molar-refractivity contribution >= 4 is 11.6 Å². The second kappa shape index (κ2) is 6.67. The number of benzene rings is 1. The van der Waals surface area contributed by atoms with Gasteiger partial charge in [-0.2, -0.15) is 0 Å². The molecule has 0 aliphatic rings. The number of hydrogen-bond donors (Lipinski definition) is 1. The molecule has 0 aromatic heterocycles. The van der Waals surface area contributed by atoms with Crippen LogP contribution in [0.3, 0.4) is 0 Å². The van der Waals surface area contributed by atoms with Crippen LogP contribution in [-0.4, -0.2) is 12.6 Å². The fourth-order valence-electron chi connectivity index (χ4n) is 1.48. The fourth-order valence-corrected chi connectivity index (χ4v) is 1.72. The molecule has 1 rings (SSSR count). The summed E-state index contributed by atoms with van der Waals surface area (Å²) in [6.45, 7) is 8.47. The fraction of sp³-hybridized carbons (Fsp3) is 0.429. The Bertz CT molecular complexity index is 388. The van der Waals surface area contributed by atoms with Gasteiger partial charge < -0.3 is 10.5 Å². The van der Waals surface area contributed by atoms with Gasteiger partial charge in [0, 0.05) is 16.6 Å². The molecule has 0 spiro atoms. The number of ether oxygens (including phenoxy) is 1. The molecule has 0 amide bonds. The van der Waals surface area contributed by atoms with Crippen LogP contribution >= 0.6 is 11.6 Å². The lowest BCUT2D eigenvalue weighted by molar-refractivity contribution is 0.344.